The zero-order valence-electron chi connectivity index (χ0n) is 15.2. The molecule has 0 atom stereocenters. The minimum atomic E-state index is 0.568. The third kappa shape index (κ3) is 5.81. The van der Waals surface area contributed by atoms with Gasteiger partial charge in [0.2, 0.25) is 0 Å². The van der Waals surface area contributed by atoms with E-state index in [1.165, 1.54) is 20.6 Å². The SMILES string of the molecule is CC(C)c1cnc(C(C)C)s1.CC(C)c1csc(C(C)C)n1. The summed E-state index contributed by atoms with van der Waals surface area (Å²) in [6.45, 7) is 17.5. The lowest BCUT2D eigenvalue weighted by Gasteiger charge is -1.99. The van der Waals surface area contributed by atoms with Gasteiger partial charge in [0.1, 0.15) is 0 Å². The molecule has 0 bridgehead atoms. The van der Waals surface area contributed by atoms with Crippen LogP contribution in [0.3, 0.4) is 0 Å². The van der Waals surface area contributed by atoms with Gasteiger partial charge in [0.05, 0.1) is 15.7 Å². The Morgan fingerprint density at radius 3 is 1.64 bits per heavy atom. The summed E-state index contributed by atoms with van der Waals surface area (Å²) in [6.07, 6.45) is 2.00. The quantitative estimate of drug-likeness (QED) is 0.614. The van der Waals surface area contributed by atoms with Crippen LogP contribution in [0.4, 0.5) is 0 Å². The first kappa shape index (κ1) is 19.3. The van der Waals surface area contributed by atoms with Crippen LogP contribution in [-0.4, -0.2) is 9.97 Å². The van der Waals surface area contributed by atoms with Crippen LogP contribution >= 0.6 is 22.7 Å². The fourth-order valence-electron chi connectivity index (χ4n) is 1.67. The van der Waals surface area contributed by atoms with Gasteiger partial charge in [-0.15, -0.1) is 22.7 Å². The Kier molecular flexibility index (Phi) is 7.70. The lowest BCUT2D eigenvalue weighted by Crippen LogP contribution is -1.90. The van der Waals surface area contributed by atoms with E-state index in [2.05, 4.69) is 70.7 Å². The van der Waals surface area contributed by atoms with Crippen LogP contribution in [0.5, 0.6) is 0 Å². The smallest absolute Gasteiger partial charge is 0.0953 e. The van der Waals surface area contributed by atoms with E-state index in [4.69, 9.17) is 0 Å². The monoisotopic (exact) mass is 338 g/mol. The van der Waals surface area contributed by atoms with Crippen molar-refractivity contribution in [2.24, 2.45) is 0 Å². The first-order chi connectivity index (χ1) is 10.2. The average molecular weight is 339 g/mol. The molecule has 0 radical (unpaired) electrons. The molecule has 2 aromatic heterocycles. The number of thiazole rings is 2. The Hall–Kier alpha value is -0.740. The lowest BCUT2D eigenvalue weighted by molar-refractivity contribution is 0.793. The Balaban J connectivity index is 0.000000220. The standard InChI is InChI=1S/2C9H15NS/c1-6(2)8-5-11-9(10-8)7(3)4;1-6(2)8-5-10-9(11-8)7(3)4/h2*5-7H,1-4H3. The summed E-state index contributed by atoms with van der Waals surface area (Å²) in [5.74, 6) is 2.35. The highest BCUT2D eigenvalue weighted by molar-refractivity contribution is 7.11. The molecule has 0 saturated carbocycles. The van der Waals surface area contributed by atoms with Crippen LogP contribution in [0.15, 0.2) is 11.6 Å². The second kappa shape index (κ2) is 8.78. The van der Waals surface area contributed by atoms with Gasteiger partial charge >= 0.3 is 0 Å². The summed E-state index contributed by atoms with van der Waals surface area (Å²) in [6, 6.07) is 0. The van der Waals surface area contributed by atoms with E-state index in [0.29, 0.717) is 23.7 Å². The fraction of sp³-hybridized carbons (Fsp3) is 0.667. The van der Waals surface area contributed by atoms with Gasteiger partial charge < -0.3 is 0 Å². The van der Waals surface area contributed by atoms with Crippen LogP contribution in [0, 0.1) is 0 Å². The van der Waals surface area contributed by atoms with Crippen molar-refractivity contribution in [1.82, 2.24) is 9.97 Å². The summed E-state index contributed by atoms with van der Waals surface area (Å²) < 4.78 is 0. The third-order valence-electron chi connectivity index (χ3n) is 3.23. The summed E-state index contributed by atoms with van der Waals surface area (Å²) >= 11 is 3.61. The zero-order chi connectivity index (χ0) is 16.9. The Labute approximate surface area is 144 Å². The van der Waals surface area contributed by atoms with Gasteiger partial charge in [-0.2, -0.15) is 0 Å². The summed E-state index contributed by atoms with van der Waals surface area (Å²) in [7, 11) is 0. The largest absolute Gasteiger partial charge is 0.249 e. The highest BCUT2D eigenvalue weighted by Crippen LogP contribution is 2.26. The van der Waals surface area contributed by atoms with E-state index in [9.17, 15) is 0 Å². The highest BCUT2D eigenvalue weighted by atomic mass is 32.1. The van der Waals surface area contributed by atoms with Gasteiger partial charge in [0.25, 0.3) is 0 Å². The summed E-state index contributed by atoms with van der Waals surface area (Å²) in [4.78, 5) is 10.3. The van der Waals surface area contributed by atoms with Gasteiger partial charge in [-0.1, -0.05) is 55.4 Å². The lowest BCUT2D eigenvalue weighted by atomic mass is 10.1. The number of rotatable bonds is 4. The molecular formula is C18H30N2S2. The molecule has 0 aliphatic carbocycles. The topological polar surface area (TPSA) is 25.8 Å². The molecule has 2 nitrogen and oxygen atoms in total. The average Bonchev–Trinajstić information content (AvgIpc) is 3.09. The van der Waals surface area contributed by atoms with Gasteiger partial charge in [-0.05, 0) is 11.8 Å². The fourth-order valence-corrected chi connectivity index (χ4v) is 3.59. The van der Waals surface area contributed by atoms with Crippen molar-refractivity contribution in [3.8, 4) is 0 Å². The van der Waals surface area contributed by atoms with Crippen LogP contribution in [0.2, 0.25) is 0 Å². The number of nitrogens with zero attached hydrogens (tertiary/aromatic N) is 2. The maximum atomic E-state index is 4.53. The zero-order valence-corrected chi connectivity index (χ0v) is 16.8. The maximum Gasteiger partial charge on any atom is 0.0953 e. The van der Waals surface area contributed by atoms with Crippen LogP contribution in [0.1, 0.15) is 99.6 Å². The number of hydrogen-bond acceptors (Lipinski definition) is 4. The molecular weight excluding hydrogens is 308 g/mol. The predicted octanol–water partition coefficient (Wildman–Crippen LogP) is 6.78. The van der Waals surface area contributed by atoms with Gasteiger partial charge in [-0.3, -0.25) is 0 Å². The first-order valence-corrected chi connectivity index (χ1v) is 9.82. The van der Waals surface area contributed by atoms with Crippen molar-refractivity contribution < 1.29 is 0 Å². The van der Waals surface area contributed by atoms with E-state index in [-0.39, 0.29) is 0 Å². The Morgan fingerprint density at radius 1 is 0.773 bits per heavy atom. The van der Waals surface area contributed by atoms with E-state index < -0.39 is 0 Å². The van der Waals surface area contributed by atoms with Crippen molar-refractivity contribution >= 4 is 22.7 Å². The van der Waals surface area contributed by atoms with Crippen molar-refractivity contribution in [3.05, 3.63) is 32.2 Å². The minimum absolute atomic E-state index is 0.568. The molecule has 4 heteroatoms. The molecule has 22 heavy (non-hydrogen) atoms. The molecule has 2 rings (SSSR count). The molecule has 2 heterocycles. The molecule has 0 N–H and O–H groups in total. The number of aromatic nitrogens is 2. The van der Waals surface area contributed by atoms with Crippen molar-refractivity contribution in [2.75, 3.05) is 0 Å². The molecule has 2 aromatic rings. The summed E-state index contributed by atoms with van der Waals surface area (Å²) in [5, 5.41) is 4.68. The molecule has 0 saturated heterocycles. The Bertz CT molecular complexity index is 456. The molecule has 0 aromatic carbocycles. The van der Waals surface area contributed by atoms with E-state index in [1.807, 2.05) is 17.5 Å². The molecule has 0 spiro atoms. The molecule has 124 valence electrons. The maximum absolute atomic E-state index is 4.53. The second-order valence-electron chi connectivity index (χ2n) is 6.83. The predicted molar refractivity (Wildman–Crippen MR) is 101 cm³/mol. The molecule has 0 fully saturated rings. The Morgan fingerprint density at radius 2 is 1.36 bits per heavy atom. The second-order valence-corrected chi connectivity index (χ2v) is 8.81. The normalized spacial score (nSPS) is 11.5. The molecule has 0 unspecified atom stereocenters. The molecule has 0 amide bonds. The van der Waals surface area contributed by atoms with Crippen LogP contribution in [0.25, 0.3) is 0 Å². The van der Waals surface area contributed by atoms with Gasteiger partial charge in [0.15, 0.2) is 0 Å². The van der Waals surface area contributed by atoms with Crippen LogP contribution < -0.4 is 0 Å². The van der Waals surface area contributed by atoms with E-state index in [0.717, 1.165) is 0 Å². The highest BCUT2D eigenvalue weighted by Gasteiger charge is 2.08. The van der Waals surface area contributed by atoms with E-state index in [1.54, 1.807) is 11.3 Å². The summed E-state index contributed by atoms with van der Waals surface area (Å²) in [5.41, 5.74) is 1.23. The first-order valence-electron chi connectivity index (χ1n) is 8.13. The van der Waals surface area contributed by atoms with Gasteiger partial charge in [0, 0.05) is 28.3 Å². The molecule has 0 aliphatic heterocycles. The third-order valence-corrected chi connectivity index (χ3v) is 5.99. The minimum Gasteiger partial charge on any atom is -0.249 e. The van der Waals surface area contributed by atoms with E-state index >= 15 is 0 Å². The van der Waals surface area contributed by atoms with Crippen LogP contribution in [-0.2, 0) is 0 Å². The van der Waals surface area contributed by atoms with Gasteiger partial charge in [-0.25, -0.2) is 9.97 Å². The van der Waals surface area contributed by atoms with Crippen molar-refractivity contribution in [2.45, 2.75) is 79.1 Å². The van der Waals surface area contributed by atoms with Crippen molar-refractivity contribution in [1.29, 1.82) is 0 Å². The van der Waals surface area contributed by atoms with Crippen molar-refractivity contribution in [3.63, 3.8) is 0 Å². The number of hydrogen-bond donors (Lipinski definition) is 0. The molecule has 0 aliphatic rings.